The van der Waals surface area contributed by atoms with Crippen LogP contribution in [0.4, 0.5) is 0 Å². The van der Waals surface area contributed by atoms with Crippen LogP contribution >= 0.6 is 0 Å². The van der Waals surface area contributed by atoms with E-state index < -0.39 is 15.7 Å². The molecule has 0 aromatic rings. The van der Waals surface area contributed by atoms with Crippen molar-refractivity contribution in [3.8, 4) is 0 Å². The van der Waals surface area contributed by atoms with Crippen LogP contribution in [-0.2, 0) is 10.2 Å². The molecule has 1 aliphatic rings. The maximum Gasteiger partial charge on any atom is 0.282 e. The van der Waals surface area contributed by atoms with Gasteiger partial charge in [0.15, 0.2) is 0 Å². The Morgan fingerprint density at radius 2 is 1.70 bits per heavy atom. The summed E-state index contributed by atoms with van der Waals surface area (Å²) in [5, 5.41) is 0. The molecule has 1 heterocycles. The van der Waals surface area contributed by atoms with Crippen molar-refractivity contribution < 1.29 is 8.42 Å². The number of nitrogens with zero attached hydrogens (tertiary/aromatic N) is 2. The van der Waals surface area contributed by atoms with E-state index >= 15 is 0 Å². The number of hydrogen-bond acceptors (Lipinski definition) is 3. The Kier molecular flexibility index (Phi) is 6.44. The lowest BCUT2D eigenvalue weighted by Gasteiger charge is -2.44. The molecule has 1 saturated heterocycles. The first-order chi connectivity index (χ1) is 9.37. The summed E-state index contributed by atoms with van der Waals surface area (Å²) in [6.45, 7) is 10.2. The van der Waals surface area contributed by atoms with E-state index in [4.69, 9.17) is 5.73 Å². The van der Waals surface area contributed by atoms with E-state index in [0.717, 1.165) is 25.7 Å². The smallest absolute Gasteiger partial charge is 0.282 e. The molecule has 0 saturated carbocycles. The van der Waals surface area contributed by atoms with Gasteiger partial charge in [0.25, 0.3) is 10.2 Å². The van der Waals surface area contributed by atoms with Gasteiger partial charge in [0.1, 0.15) is 0 Å². The summed E-state index contributed by atoms with van der Waals surface area (Å²) in [7, 11) is -3.40. The number of piperidine rings is 1. The van der Waals surface area contributed by atoms with Crippen molar-refractivity contribution in [1.82, 2.24) is 8.61 Å². The van der Waals surface area contributed by atoms with Gasteiger partial charge in [-0.25, -0.2) is 0 Å². The Hall–Kier alpha value is -0.170. The standard InChI is InChI=1S/C14H31N3O2S/c1-5-14(6-2,12-15)17(7-3)20(18,19)16-10-8-13(4)9-11-16/h13H,5-12,15H2,1-4H3. The predicted octanol–water partition coefficient (Wildman–Crippen LogP) is 1.80. The molecule has 0 aliphatic carbocycles. The third-order valence-electron chi connectivity index (χ3n) is 4.86. The second-order valence-electron chi connectivity index (χ2n) is 5.89. The van der Waals surface area contributed by atoms with Crippen molar-refractivity contribution in [1.29, 1.82) is 0 Å². The van der Waals surface area contributed by atoms with Crippen molar-refractivity contribution in [2.75, 3.05) is 26.2 Å². The molecule has 0 radical (unpaired) electrons. The van der Waals surface area contributed by atoms with Crippen LogP contribution in [0.25, 0.3) is 0 Å². The Morgan fingerprint density at radius 1 is 1.20 bits per heavy atom. The van der Waals surface area contributed by atoms with Gasteiger partial charge < -0.3 is 5.73 Å². The van der Waals surface area contributed by atoms with Crippen LogP contribution in [0.2, 0.25) is 0 Å². The molecular formula is C14H31N3O2S. The molecule has 0 bridgehead atoms. The summed E-state index contributed by atoms with van der Waals surface area (Å²) in [5.74, 6) is 0.619. The Labute approximate surface area is 124 Å². The zero-order valence-corrected chi connectivity index (χ0v) is 14.2. The molecule has 0 aromatic carbocycles. The molecule has 5 nitrogen and oxygen atoms in total. The quantitative estimate of drug-likeness (QED) is 0.780. The maximum absolute atomic E-state index is 12.9. The highest BCUT2D eigenvalue weighted by atomic mass is 32.2. The van der Waals surface area contributed by atoms with Crippen LogP contribution in [0.3, 0.4) is 0 Å². The topological polar surface area (TPSA) is 66.6 Å². The summed E-state index contributed by atoms with van der Waals surface area (Å²) < 4.78 is 29.2. The molecule has 0 aromatic heterocycles. The molecule has 1 rings (SSSR count). The fraction of sp³-hybridized carbons (Fsp3) is 1.00. The molecule has 0 atom stereocenters. The third kappa shape index (κ3) is 3.35. The van der Waals surface area contributed by atoms with Crippen LogP contribution in [0.15, 0.2) is 0 Å². The van der Waals surface area contributed by atoms with Crippen LogP contribution in [0.5, 0.6) is 0 Å². The van der Waals surface area contributed by atoms with Gasteiger partial charge >= 0.3 is 0 Å². The van der Waals surface area contributed by atoms with Crippen molar-refractivity contribution in [3.05, 3.63) is 0 Å². The van der Waals surface area contributed by atoms with Crippen molar-refractivity contribution in [2.45, 2.75) is 58.9 Å². The van der Waals surface area contributed by atoms with Gasteiger partial charge in [-0.05, 0) is 31.6 Å². The monoisotopic (exact) mass is 305 g/mol. The summed E-state index contributed by atoms with van der Waals surface area (Å²) in [6.07, 6.45) is 3.39. The zero-order chi connectivity index (χ0) is 15.4. The first-order valence-electron chi connectivity index (χ1n) is 7.85. The van der Waals surface area contributed by atoms with Crippen LogP contribution in [-0.4, -0.2) is 48.7 Å². The highest BCUT2D eigenvalue weighted by Crippen LogP contribution is 2.29. The highest BCUT2D eigenvalue weighted by molar-refractivity contribution is 7.86. The lowest BCUT2D eigenvalue weighted by atomic mass is 9.93. The van der Waals surface area contributed by atoms with E-state index in [9.17, 15) is 8.42 Å². The molecule has 0 spiro atoms. The van der Waals surface area contributed by atoms with E-state index in [1.165, 1.54) is 0 Å². The van der Waals surface area contributed by atoms with Crippen LogP contribution < -0.4 is 5.73 Å². The van der Waals surface area contributed by atoms with Crippen molar-refractivity contribution in [3.63, 3.8) is 0 Å². The summed E-state index contributed by atoms with van der Waals surface area (Å²) in [6, 6.07) is 0. The third-order valence-corrected chi connectivity index (χ3v) is 7.08. The molecule has 0 amide bonds. The molecule has 0 unspecified atom stereocenters. The fourth-order valence-corrected chi connectivity index (χ4v) is 5.19. The first kappa shape index (κ1) is 17.9. The Morgan fingerprint density at radius 3 is 2.05 bits per heavy atom. The fourth-order valence-electron chi connectivity index (χ4n) is 3.09. The minimum absolute atomic E-state index is 0.372. The van der Waals surface area contributed by atoms with E-state index in [1.807, 2.05) is 20.8 Å². The Balaban J connectivity index is 3.03. The van der Waals surface area contributed by atoms with E-state index in [1.54, 1.807) is 8.61 Å². The number of likely N-dealkylation sites (N-methyl/N-ethyl adjacent to an activating group) is 1. The predicted molar refractivity (Wildman–Crippen MR) is 83.6 cm³/mol. The SMILES string of the molecule is CCN(C(CC)(CC)CN)S(=O)(=O)N1CCC(C)CC1. The molecule has 2 N–H and O–H groups in total. The van der Waals surface area contributed by atoms with E-state index in [-0.39, 0.29) is 0 Å². The van der Waals surface area contributed by atoms with Crippen molar-refractivity contribution >= 4 is 10.2 Å². The number of nitrogens with two attached hydrogens (primary N) is 1. The van der Waals surface area contributed by atoms with Crippen molar-refractivity contribution in [2.24, 2.45) is 11.7 Å². The first-order valence-corrected chi connectivity index (χ1v) is 9.25. The van der Waals surface area contributed by atoms with E-state index in [2.05, 4.69) is 6.92 Å². The second-order valence-corrected chi connectivity index (χ2v) is 7.74. The number of hydrogen-bond donors (Lipinski definition) is 1. The van der Waals surface area contributed by atoms with Gasteiger partial charge in [-0.3, -0.25) is 0 Å². The summed E-state index contributed by atoms with van der Waals surface area (Å²) in [4.78, 5) is 0. The molecule has 1 aliphatic heterocycles. The van der Waals surface area contributed by atoms with Gasteiger partial charge in [0.05, 0.1) is 0 Å². The average Bonchev–Trinajstić information content (AvgIpc) is 2.45. The minimum atomic E-state index is -3.40. The maximum atomic E-state index is 12.9. The van der Waals surface area contributed by atoms with Crippen LogP contribution in [0, 0.1) is 5.92 Å². The largest absolute Gasteiger partial charge is 0.329 e. The lowest BCUT2D eigenvalue weighted by molar-refractivity contribution is 0.164. The normalized spacial score (nSPS) is 19.7. The molecule has 1 fully saturated rings. The van der Waals surface area contributed by atoms with Gasteiger partial charge in [0, 0.05) is 31.7 Å². The van der Waals surface area contributed by atoms with Gasteiger partial charge in [-0.1, -0.05) is 27.7 Å². The molecule has 6 heteroatoms. The lowest BCUT2D eigenvalue weighted by Crippen LogP contribution is -2.59. The average molecular weight is 305 g/mol. The molecule has 20 heavy (non-hydrogen) atoms. The highest BCUT2D eigenvalue weighted by Gasteiger charge is 2.42. The minimum Gasteiger partial charge on any atom is -0.329 e. The Bertz CT molecular complexity index is 377. The van der Waals surface area contributed by atoms with Gasteiger partial charge in [-0.15, -0.1) is 0 Å². The van der Waals surface area contributed by atoms with E-state index in [0.29, 0.717) is 32.1 Å². The summed E-state index contributed by atoms with van der Waals surface area (Å²) in [5.41, 5.74) is 5.48. The zero-order valence-electron chi connectivity index (χ0n) is 13.4. The molecular weight excluding hydrogens is 274 g/mol. The molecule has 120 valence electrons. The second kappa shape index (κ2) is 7.20. The summed E-state index contributed by atoms with van der Waals surface area (Å²) >= 11 is 0. The van der Waals surface area contributed by atoms with Gasteiger partial charge in [0.2, 0.25) is 0 Å². The van der Waals surface area contributed by atoms with Crippen LogP contribution in [0.1, 0.15) is 53.4 Å². The number of rotatable bonds is 7. The van der Waals surface area contributed by atoms with Gasteiger partial charge in [-0.2, -0.15) is 17.0 Å².